The summed E-state index contributed by atoms with van der Waals surface area (Å²) in [6, 6.07) is 19.4. The molecule has 0 aliphatic rings. The van der Waals surface area contributed by atoms with E-state index >= 15 is 0 Å². The van der Waals surface area contributed by atoms with Gasteiger partial charge in [0.25, 0.3) is 5.91 Å². The second-order valence-electron chi connectivity index (χ2n) is 5.22. The first-order valence-electron chi connectivity index (χ1n) is 7.68. The van der Waals surface area contributed by atoms with Crippen LogP contribution in [0.15, 0.2) is 70.9 Å². The highest BCUT2D eigenvalue weighted by Gasteiger charge is 2.12. The minimum absolute atomic E-state index is 0.193. The lowest BCUT2D eigenvalue weighted by molar-refractivity contribution is -0.118. The highest BCUT2D eigenvalue weighted by molar-refractivity contribution is 7.99. The highest BCUT2D eigenvalue weighted by Crippen LogP contribution is 2.22. The number of hydrazone groups is 1. The Morgan fingerprint density at radius 1 is 1.12 bits per heavy atom. The number of aromatic nitrogens is 3. The van der Waals surface area contributed by atoms with Gasteiger partial charge in [0.1, 0.15) is 0 Å². The number of rotatable bonds is 6. The van der Waals surface area contributed by atoms with Gasteiger partial charge in [-0.3, -0.25) is 4.79 Å². The number of nitrogens with zero attached hydrogens (tertiary/aromatic N) is 4. The molecule has 1 aromatic heterocycles. The molecule has 0 atom stereocenters. The number of carbonyl (C=O) groups excluding carboxylic acids is 1. The van der Waals surface area contributed by atoms with Crippen LogP contribution in [0.1, 0.15) is 5.56 Å². The SMILES string of the molecule is Cn1c(SCC(=O)N/N=C\c2ccccc2)nnc1-c1ccccc1. The Morgan fingerprint density at radius 3 is 2.52 bits per heavy atom. The van der Waals surface area contributed by atoms with E-state index in [-0.39, 0.29) is 11.7 Å². The topological polar surface area (TPSA) is 72.2 Å². The number of hydrogen-bond acceptors (Lipinski definition) is 5. The molecule has 25 heavy (non-hydrogen) atoms. The third-order valence-corrected chi connectivity index (χ3v) is 4.42. The van der Waals surface area contributed by atoms with E-state index in [2.05, 4.69) is 20.7 Å². The summed E-state index contributed by atoms with van der Waals surface area (Å²) in [6.45, 7) is 0. The molecule has 0 fully saturated rings. The Hall–Kier alpha value is -2.93. The van der Waals surface area contributed by atoms with Gasteiger partial charge in [0, 0.05) is 12.6 Å². The van der Waals surface area contributed by atoms with Crippen LogP contribution in [0, 0.1) is 0 Å². The van der Waals surface area contributed by atoms with Crippen LogP contribution in [-0.2, 0) is 11.8 Å². The van der Waals surface area contributed by atoms with E-state index in [0.29, 0.717) is 5.16 Å². The molecule has 6 nitrogen and oxygen atoms in total. The molecule has 1 amide bonds. The fourth-order valence-electron chi connectivity index (χ4n) is 2.16. The molecular weight excluding hydrogens is 334 g/mol. The number of thioether (sulfide) groups is 1. The lowest BCUT2D eigenvalue weighted by Crippen LogP contribution is -2.19. The maximum absolute atomic E-state index is 11.9. The van der Waals surface area contributed by atoms with E-state index in [1.165, 1.54) is 11.8 Å². The fraction of sp³-hybridized carbons (Fsp3) is 0.111. The Balaban J connectivity index is 1.54. The van der Waals surface area contributed by atoms with Crippen molar-refractivity contribution >= 4 is 23.9 Å². The third kappa shape index (κ3) is 4.54. The predicted molar refractivity (Wildman–Crippen MR) is 99.3 cm³/mol. The largest absolute Gasteiger partial charge is 0.305 e. The summed E-state index contributed by atoms with van der Waals surface area (Å²) < 4.78 is 1.88. The van der Waals surface area contributed by atoms with Crippen molar-refractivity contribution in [1.82, 2.24) is 20.2 Å². The monoisotopic (exact) mass is 351 g/mol. The van der Waals surface area contributed by atoms with Crippen LogP contribution in [0.25, 0.3) is 11.4 Å². The average Bonchev–Trinajstić information content (AvgIpc) is 3.02. The average molecular weight is 351 g/mol. The van der Waals surface area contributed by atoms with Gasteiger partial charge in [-0.1, -0.05) is 72.4 Å². The number of benzene rings is 2. The second kappa shape index (κ2) is 8.25. The summed E-state index contributed by atoms with van der Waals surface area (Å²) >= 11 is 1.32. The van der Waals surface area contributed by atoms with Gasteiger partial charge in [-0.15, -0.1) is 10.2 Å². The Labute approximate surface area is 150 Å². The highest BCUT2D eigenvalue weighted by atomic mass is 32.2. The van der Waals surface area contributed by atoms with Crippen LogP contribution >= 0.6 is 11.8 Å². The first kappa shape index (κ1) is 16.9. The molecule has 7 heteroatoms. The molecule has 0 aliphatic carbocycles. The molecule has 3 rings (SSSR count). The summed E-state index contributed by atoms with van der Waals surface area (Å²) in [5.74, 6) is 0.791. The minimum atomic E-state index is -0.193. The molecule has 0 saturated carbocycles. The number of hydrogen-bond donors (Lipinski definition) is 1. The minimum Gasteiger partial charge on any atom is -0.305 e. The standard InChI is InChI=1S/C18H17N5OS/c1-23-17(15-10-6-3-7-11-15)21-22-18(23)25-13-16(24)20-19-12-14-8-4-2-5-9-14/h2-12H,13H2,1H3,(H,20,24)/b19-12-. The normalized spacial score (nSPS) is 10.9. The summed E-state index contributed by atoms with van der Waals surface area (Å²) in [6.07, 6.45) is 1.61. The molecule has 0 unspecified atom stereocenters. The Morgan fingerprint density at radius 2 is 1.80 bits per heavy atom. The van der Waals surface area contributed by atoms with Gasteiger partial charge in [-0.25, -0.2) is 5.43 Å². The smallest absolute Gasteiger partial charge is 0.250 e. The van der Waals surface area contributed by atoms with Gasteiger partial charge in [0.05, 0.1) is 12.0 Å². The van der Waals surface area contributed by atoms with Crippen molar-refractivity contribution in [2.24, 2.45) is 12.1 Å². The summed E-state index contributed by atoms with van der Waals surface area (Å²) in [7, 11) is 1.89. The predicted octanol–water partition coefficient (Wildman–Crippen LogP) is 2.72. The van der Waals surface area contributed by atoms with Crippen LogP contribution in [0.2, 0.25) is 0 Å². The third-order valence-electron chi connectivity index (χ3n) is 3.40. The van der Waals surface area contributed by atoms with E-state index in [4.69, 9.17) is 0 Å². The number of carbonyl (C=O) groups is 1. The molecule has 0 aliphatic heterocycles. The zero-order valence-electron chi connectivity index (χ0n) is 13.7. The van der Waals surface area contributed by atoms with Gasteiger partial charge < -0.3 is 4.57 Å². The maximum Gasteiger partial charge on any atom is 0.250 e. The van der Waals surface area contributed by atoms with Crippen LogP contribution in [0.4, 0.5) is 0 Å². The molecule has 0 radical (unpaired) electrons. The number of amides is 1. The number of nitrogens with one attached hydrogen (secondary N) is 1. The molecule has 1 heterocycles. The lowest BCUT2D eigenvalue weighted by Gasteiger charge is -2.03. The van der Waals surface area contributed by atoms with E-state index in [9.17, 15) is 4.79 Å². The van der Waals surface area contributed by atoms with Crippen molar-refractivity contribution in [3.8, 4) is 11.4 Å². The van der Waals surface area contributed by atoms with Crippen molar-refractivity contribution < 1.29 is 4.79 Å². The zero-order chi connectivity index (χ0) is 17.5. The molecule has 2 aromatic carbocycles. The van der Waals surface area contributed by atoms with Crippen molar-refractivity contribution in [3.63, 3.8) is 0 Å². The van der Waals surface area contributed by atoms with Gasteiger partial charge >= 0.3 is 0 Å². The van der Waals surface area contributed by atoms with Crippen molar-refractivity contribution in [2.75, 3.05) is 5.75 Å². The van der Waals surface area contributed by atoms with E-state index in [1.807, 2.05) is 72.3 Å². The fourth-order valence-corrected chi connectivity index (χ4v) is 2.86. The Bertz CT molecular complexity index is 862. The van der Waals surface area contributed by atoms with E-state index in [0.717, 1.165) is 17.0 Å². The summed E-state index contributed by atoms with van der Waals surface area (Å²) in [5, 5.41) is 13.0. The summed E-state index contributed by atoms with van der Waals surface area (Å²) in [5.41, 5.74) is 4.43. The molecule has 0 spiro atoms. The lowest BCUT2D eigenvalue weighted by atomic mass is 10.2. The van der Waals surface area contributed by atoms with Gasteiger partial charge in [0.15, 0.2) is 11.0 Å². The van der Waals surface area contributed by atoms with Crippen LogP contribution in [0.5, 0.6) is 0 Å². The van der Waals surface area contributed by atoms with Gasteiger partial charge in [0.2, 0.25) is 0 Å². The molecular formula is C18H17N5OS. The first-order valence-corrected chi connectivity index (χ1v) is 8.67. The zero-order valence-corrected chi connectivity index (χ0v) is 14.5. The van der Waals surface area contributed by atoms with Crippen LogP contribution < -0.4 is 5.43 Å². The summed E-state index contributed by atoms with van der Waals surface area (Å²) in [4.78, 5) is 11.9. The molecule has 1 N–H and O–H groups in total. The van der Waals surface area contributed by atoms with E-state index < -0.39 is 0 Å². The van der Waals surface area contributed by atoms with Gasteiger partial charge in [-0.2, -0.15) is 5.10 Å². The molecule has 0 saturated heterocycles. The maximum atomic E-state index is 11.9. The molecule has 3 aromatic rings. The van der Waals surface area contributed by atoms with Crippen molar-refractivity contribution in [2.45, 2.75) is 5.16 Å². The van der Waals surface area contributed by atoms with Crippen LogP contribution in [0.3, 0.4) is 0 Å². The second-order valence-corrected chi connectivity index (χ2v) is 6.17. The molecule has 126 valence electrons. The van der Waals surface area contributed by atoms with E-state index in [1.54, 1.807) is 6.21 Å². The van der Waals surface area contributed by atoms with Gasteiger partial charge in [-0.05, 0) is 5.56 Å². The van der Waals surface area contributed by atoms with Crippen molar-refractivity contribution in [1.29, 1.82) is 0 Å². The van der Waals surface area contributed by atoms with Crippen molar-refractivity contribution in [3.05, 3.63) is 66.2 Å². The quantitative estimate of drug-likeness (QED) is 0.421. The van der Waals surface area contributed by atoms with Crippen LogP contribution in [-0.4, -0.2) is 32.6 Å². The molecule has 0 bridgehead atoms. The Kier molecular flexibility index (Phi) is 5.58. The first-order chi connectivity index (χ1) is 12.2.